The van der Waals surface area contributed by atoms with Crippen LogP contribution in [0.3, 0.4) is 0 Å². The molecule has 3 atom stereocenters. The molecule has 1 saturated carbocycles. The highest BCUT2D eigenvalue weighted by molar-refractivity contribution is 7.91. The third-order valence-electron chi connectivity index (χ3n) is 6.69. The largest absolute Gasteiger partial charge is 0.611 e. The predicted molar refractivity (Wildman–Crippen MR) is 122 cm³/mol. The van der Waals surface area contributed by atoms with E-state index in [2.05, 4.69) is 28.9 Å². The van der Waals surface area contributed by atoms with Gasteiger partial charge in [-0.2, -0.15) is 4.98 Å². The van der Waals surface area contributed by atoms with E-state index in [1.165, 1.54) is 0 Å². The van der Waals surface area contributed by atoms with Crippen LogP contribution in [0.2, 0.25) is 0 Å². The van der Waals surface area contributed by atoms with Crippen molar-refractivity contribution in [2.45, 2.75) is 62.8 Å². The van der Waals surface area contributed by atoms with Crippen LogP contribution in [0.4, 0.5) is 6.01 Å². The number of ether oxygens (including phenoxy) is 1. The number of aromatic nitrogens is 2. The summed E-state index contributed by atoms with van der Waals surface area (Å²) in [6.45, 7) is 8.56. The van der Waals surface area contributed by atoms with Gasteiger partial charge in [-0.1, -0.05) is 19.0 Å². The van der Waals surface area contributed by atoms with Crippen molar-refractivity contribution in [2.24, 2.45) is 17.6 Å². The molecular weight excluding hydrogens is 412 g/mol. The molecule has 8 heteroatoms. The molecule has 2 heterocycles. The zero-order valence-electron chi connectivity index (χ0n) is 18.8. The first-order valence-corrected chi connectivity index (χ1v) is 12.7. The molecule has 0 bridgehead atoms. The SMILES string of the molecule is CC[S+]([O-])c1ccc(OCCC2(N)CC2C2CCN(c3nc(C(C)C)no3)CC2)cc1. The fraction of sp³-hybridized carbons (Fsp3) is 0.652. The van der Waals surface area contributed by atoms with Gasteiger partial charge in [-0.15, -0.1) is 0 Å². The third-order valence-corrected chi connectivity index (χ3v) is 8.01. The van der Waals surface area contributed by atoms with Crippen molar-refractivity contribution in [2.75, 3.05) is 30.3 Å². The summed E-state index contributed by atoms with van der Waals surface area (Å²) in [7, 11) is 0. The first kappa shape index (κ1) is 22.4. The number of nitrogens with two attached hydrogens (primary N) is 1. The van der Waals surface area contributed by atoms with Crippen LogP contribution < -0.4 is 15.4 Å². The van der Waals surface area contributed by atoms with Gasteiger partial charge < -0.3 is 24.4 Å². The van der Waals surface area contributed by atoms with E-state index in [4.69, 9.17) is 15.0 Å². The molecule has 1 aromatic carbocycles. The minimum absolute atomic E-state index is 0.105. The molecule has 1 aromatic heterocycles. The van der Waals surface area contributed by atoms with Gasteiger partial charge in [-0.25, -0.2) is 0 Å². The van der Waals surface area contributed by atoms with Gasteiger partial charge >= 0.3 is 6.01 Å². The maximum absolute atomic E-state index is 11.8. The molecule has 2 fully saturated rings. The van der Waals surface area contributed by atoms with Gasteiger partial charge in [-0.05, 0) is 79.9 Å². The van der Waals surface area contributed by atoms with Gasteiger partial charge in [0.2, 0.25) is 0 Å². The summed E-state index contributed by atoms with van der Waals surface area (Å²) in [6, 6.07) is 8.21. The predicted octanol–water partition coefficient (Wildman–Crippen LogP) is 3.72. The smallest absolute Gasteiger partial charge is 0.324 e. The first-order valence-electron chi connectivity index (χ1n) is 11.4. The van der Waals surface area contributed by atoms with Crippen molar-refractivity contribution < 1.29 is 13.8 Å². The van der Waals surface area contributed by atoms with Crippen molar-refractivity contribution in [1.29, 1.82) is 0 Å². The highest BCUT2D eigenvalue weighted by atomic mass is 32.2. The standard InChI is InChI=1S/C23H34N4O3S/c1-4-31(28)19-7-5-18(6-8-19)29-14-11-23(24)15-20(23)17-9-12-27(13-10-17)22-25-21(16(2)3)26-30-22/h5-8,16-17,20H,4,9-15,24H2,1-3H3. The molecule has 2 aromatic rings. The molecule has 0 spiro atoms. The fourth-order valence-electron chi connectivity index (χ4n) is 4.57. The third kappa shape index (κ3) is 5.18. The van der Waals surface area contributed by atoms with Crippen LogP contribution in [0.15, 0.2) is 33.7 Å². The normalized spacial score (nSPS) is 25.1. The number of nitrogens with zero attached hydrogens (tertiary/aromatic N) is 3. The molecule has 2 aliphatic rings. The van der Waals surface area contributed by atoms with E-state index in [-0.39, 0.29) is 11.5 Å². The Morgan fingerprint density at radius 3 is 2.61 bits per heavy atom. The average Bonchev–Trinajstić information content (AvgIpc) is 3.21. The number of hydrogen-bond acceptors (Lipinski definition) is 7. The maximum atomic E-state index is 11.8. The number of hydrogen-bond donors (Lipinski definition) is 1. The topological polar surface area (TPSA) is 100 Å². The minimum Gasteiger partial charge on any atom is -0.611 e. The molecule has 0 radical (unpaired) electrons. The molecule has 2 N–H and O–H groups in total. The Balaban J connectivity index is 1.20. The van der Waals surface area contributed by atoms with Crippen LogP contribution in [0, 0.1) is 11.8 Å². The van der Waals surface area contributed by atoms with E-state index in [1.54, 1.807) is 0 Å². The molecule has 1 saturated heterocycles. The minimum atomic E-state index is -0.925. The lowest BCUT2D eigenvalue weighted by molar-refractivity contribution is 0.268. The lowest BCUT2D eigenvalue weighted by Gasteiger charge is -2.31. The van der Waals surface area contributed by atoms with Crippen LogP contribution >= 0.6 is 0 Å². The molecule has 1 aliphatic carbocycles. The maximum Gasteiger partial charge on any atom is 0.324 e. The van der Waals surface area contributed by atoms with E-state index >= 15 is 0 Å². The molecule has 31 heavy (non-hydrogen) atoms. The van der Waals surface area contributed by atoms with Crippen LogP contribution in [-0.2, 0) is 11.2 Å². The van der Waals surface area contributed by atoms with E-state index in [1.807, 2.05) is 31.2 Å². The number of piperidine rings is 1. The van der Waals surface area contributed by atoms with Gasteiger partial charge in [0.05, 0.1) is 6.61 Å². The Kier molecular flexibility index (Phi) is 6.79. The Hall–Kier alpha value is -1.77. The van der Waals surface area contributed by atoms with Crippen molar-refractivity contribution in [3.63, 3.8) is 0 Å². The highest BCUT2D eigenvalue weighted by Crippen LogP contribution is 2.51. The Bertz CT molecular complexity index is 851. The van der Waals surface area contributed by atoms with E-state index in [0.717, 1.165) is 55.2 Å². The quantitative estimate of drug-likeness (QED) is 0.586. The second kappa shape index (κ2) is 9.38. The summed E-state index contributed by atoms with van der Waals surface area (Å²) < 4.78 is 23.2. The molecule has 1 aliphatic heterocycles. The summed E-state index contributed by atoms with van der Waals surface area (Å²) in [4.78, 5) is 7.58. The Labute approximate surface area is 187 Å². The summed E-state index contributed by atoms with van der Waals surface area (Å²) >= 11 is -0.925. The van der Waals surface area contributed by atoms with Gasteiger partial charge in [0, 0.05) is 24.5 Å². The molecule has 3 unspecified atom stereocenters. The summed E-state index contributed by atoms with van der Waals surface area (Å²) in [5.41, 5.74) is 6.57. The zero-order chi connectivity index (χ0) is 22.0. The van der Waals surface area contributed by atoms with Crippen molar-refractivity contribution in [1.82, 2.24) is 10.1 Å². The summed E-state index contributed by atoms with van der Waals surface area (Å²) in [5.74, 6) is 3.71. The Morgan fingerprint density at radius 1 is 1.29 bits per heavy atom. The van der Waals surface area contributed by atoms with Gasteiger partial charge in [0.1, 0.15) is 11.5 Å². The molecule has 170 valence electrons. The molecule has 0 amide bonds. The van der Waals surface area contributed by atoms with Gasteiger partial charge in [0.25, 0.3) is 0 Å². The number of rotatable bonds is 9. The lowest BCUT2D eigenvalue weighted by Crippen LogP contribution is -2.37. The van der Waals surface area contributed by atoms with E-state index in [0.29, 0.717) is 30.2 Å². The fourth-order valence-corrected chi connectivity index (χ4v) is 5.34. The lowest BCUT2D eigenvalue weighted by atomic mass is 9.89. The average molecular weight is 447 g/mol. The highest BCUT2D eigenvalue weighted by Gasteiger charge is 2.54. The second-order valence-corrected chi connectivity index (χ2v) is 10.9. The van der Waals surface area contributed by atoms with Gasteiger partial charge in [0.15, 0.2) is 10.7 Å². The van der Waals surface area contributed by atoms with Crippen molar-refractivity contribution in [3.8, 4) is 5.75 Å². The molecular formula is C23H34N4O3S. The van der Waals surface area contributed by atoms with Crippen LogP contribution in [0.25, 0.3) is 0 Å². The second-order valence-electron chi connectivity index (χ2n) is 9.16. The number of anilines is 1. The molecule has 4 rings (SSSR count). The first-order chi connectivity index (χ1) is 14.9. The van der Waals surface area contributed by atoms with E-state index < -0.39 is 11.2 Å². The van der Waals surface area contributed by atoms with Gasteiger partial charge in [-0.3, -0.25) is 0 Å². The van der Waals surface area contributed by atoms with E-state index in [9.17, 15) is 4.55 Å². The Morgan fingerprint density at radius 2 is 2.00 bits per heavy atom. The summed E-state index contributed by atoms with van der Waals surface area (Å²) in [6.07, 6.45) is 4.16. The van der Waals surface area contributed by atoms with Crippen LogP contribution in [0.5, 0.6) is 5.75 Å². The summed E-state index contributed by atoms with van der Waals surface area (Å²) in [5, 5.41) is 4.08. The van der Waals surface area contributed by atoms with Crippen LogP contribution in [0.1, 0.15) is 58.2 Å². The monoisotopic (exact) mass is 446 g/mol. The molecule has 7 nitrogen and oxygen atoms in total. The number of benzene rings is 1. The zero-order valence-corrected chi connectivity index (χ0v) is 19.6. The van der Waals surface area contributed by atoms with Crippen molar-refractivity contribution in [3.05, 3.63) is 30.1 Å². The van der Waals surface area contributed by atoms with Crippen LogP contribution in [-0.4, -0.2) is 45.7 Å². The van der Waals surface area contributed by atoms with Crippen molar-refractivity contribution >= 4 is 17.2 Å².